The fourth-order valence-electron chi connectivity index (χ4n) is 1.85. The van der Waals surface area contributed by atoms with Crippen LogP contribution in [0.4, 0.5) is 0 Å². The van der Waals surface area contributed by atoms with Crippen LogP contribution >= 0.6 is 11.3 Å². The molecule has 6 heteroatoms. The molecule has 0 N–H and O–H groups in total. The Morgan fingerprint density at radius 2 is 2.11 bits per heavy atom. The zero-order valence-electron chi connectivity index (χ0n) is 11.1. The van der Waals surface area contributed by atoms with Crippen molar-refractivity contribution in [2.75, 3.05) is 0 Å². The molecule has 0 atom stereocenters. The average Bonchev–Trinajstić information content (AvgIpc) is 2.95. The van der Waals surface area contributed by atoms with E-state index in [1.807, 2.05) is 13.8 Å². The molecule has 2 heterocycles. The van der Waals surface area contributed by atoms with E-state index in [1.54, 1.807) is 23.3 Å². The average molecular weight is 277 g/mol. The molecular formula is C13H15N3O2S. The number of hydrogen-bond acceptors (Lipinski definition) is 5. The minimum Gasteiger partial charge on any atom is -0.294 e. The van der Waals surface area contributed by atoms with Crippen molar-refractivity contribution in [3.8, 4) is 0 Å². The number of aromatic nitrogens is 3. The van der Waals surface area contributed by atoms with Crippen LogP contribution in [0.2, 0.25) is 0 Å². The highest BCUT2D eigenvalue weighted by Gasteiger charge is 2.19. The molecule has 0 saturated heterocycles. The standard InChI is InChI=1S/C13H15N3O2S/c1-4-10-9(6-16(3)15-10)12(17)5-13(18)11-7-19-8(2)14-11/h6-7H,4-5H2,1-3H3. The van der Waals surface area contributed by atoms with Crippen LogP contribution in [0, 0.1) is 6.92 Å². The summed E-state index contributed by atoms with van der Waals surface area (Å²) in [5, 5.41) is 6.72. The number of carbonyl (C=O) groups is 2. The van der Waals surface area contributed by atoms with E-state index in [0.717, 1.165) is 10.7 Å². The third kappa shape index (κ3) is 2.96. The van der Waals surface area contributed by atoms with Gasteiger partial charge in [-0.05, 0) is 13.3 Å². The van der Waals surface area contributed by atoms with Gasteiger partial charge in [-0.15, -0.1) is 11.3 Å². The second-order valence-corrected chi connectivity index (χ2v) is 5.35. The smallest absolute Gasteiger partial charge is 0.189 e. The maximum Gasteiger partial charge on any atom is 0.189 e. The van der Waals surface area contributed by atoms with E-state index in [1.165, 1.54) is 11.3 Å². The minimum absolute atomic E-state index is 0.151. The molecule has 2 aromatic rings. The molecule has 0 saturated carbocycles. The maximum absolute atomic E-state index is 12.1. The summed E-state index contributed by atoms with van der Waals surface area (Å²) in [4.78, 5) is 28.2. The van der Waals surface area contributed by atoms with Crippen molar-refractivity contribution in [2.45, 2.75) is 26.7 Å². The van der Waals surface area contributed by atoms with Crippen LogP contribution in [0.25, 0.3) is 0 Å². The lowest BCUT2D eigenvalue weighted by Crippen LogP contribution is -2.10. The second kappa shape index (κ2) is 5.44. The zero-order chi connectivity index (χ0) is 14.0. The molecule has 19 heavy (non-hydrogen) atoms. The van der Waals surface area contributed by atoms with E-state index in [4.69, 9.17) is 0 Å². The Hall–Kier alpha value is -1.82. The van der Waals surface area contributed by atoms with Crippen LogP contribution in [0.5, 0.6) is 0 Å². The summed E-state index contributed by atoms with van der Waals surface area (Å²) in [5.74, 6) is -0.430. The molecule has 0 aromatic carbocycles. The van der Waals surface area contributed by atoms with E-state index in [2.05, 4.69) is 10.1 Å². The summed E-state index contributed by atoms with van der Waals surface area (Å²) in [7, 11) is 1.77. The lowest BCUT2D eigenvalue weighted by Gasteiger charge is -1.98. The lowest BCUT2D eigenvalue weighted by atomic mass is 10.0. The minimum atomic E-state index is -0.236. The number of rotatable bonds is 5. The van der Waals surface area contributed by atoms with Gasteiger partial charge in [-0.1, -0.05) is 6.92 Å². The first-order valence-electron chi connectivity index (χ1n) is 6.02. The molecule has 0 aliphatic heterocycles. The molecule has 0 bridgehead atoms. The largest absolute Gasteiger partial charge is 0.294 e. The summed E-state index contributed by atoms with van der Waals surface area (Å²) in [6.45, 7) is 3.77. The fourth-order valence-corrected chi connectivity index (χ4v) is 2.47. The Bertz CT molecular complexity index is 628. The Balaban J connectivity index is 2.14. The third-order valence-electron chi connectivity index (χ3n) is 2.77. The number of Topliss-reactive ketones (excluding diaryl/α,β-unsaturated/α-hetero) is 2. The molecule has 5 nitrogen and oxygen atoms in total. The Morgan fingerprint density at radius 1 is 1.37 bits per heavy atom. The molecule has 0 radical (unpaired) electrons. The molecule has 0 aliphatic rings. The molecule has 0 fully saturated rings. The first-order valence-corrected chi connectivity index (χ1v) is 6.90. The zero-order valence-corrected chi connectivity index (χ0v) is 12.0. The summed E-state index contributed by atoms with van der Waals surface area (Å²) in [6, 6.07) is 0. The number of carbonyl (C=O) groups excluding carboxylic acids is 2. The number of thiazole rings is 1. The van der Waals surface area contributed by atoms with Crippen molar-refractivity contribution >= 4 is 22.9 Å². The molecule has 2 rings (SSSR count). The van der Waals surface area contributed by atoms with E-state index in [9.17, 15) is 9.59 Å². The summed E-state index contributed by atoms with van der Waals surface area (Å²) in [6.07, 6.45) is 2.19. The predicted molar refractivity (Wildman–Crippen MR) is 72.7 cm³/mol. The Labute approximate surface area is 115 Å². The summed E-state index contributed by atoms with van der Waals surface area (Å²) < 4.78 is 1.60. The predicted octanol–water partition coefficient (Wildman–Crippen LogP) is 2.20. The van der Waals surface area contributed by atoms with Crippen LogP contribution in [0.15, 0.2) is 11.6 Å². The third-order valence-corrected chi connectivity index (χ3v) is 3.54. The van der Waals surface area contributed by atoms with E-state index in [-0.39, 0.29) is 18.0 Å². The summed E-state index contributed by atoms with van der Waals surface area (Å²) in [5.41, 5.74) is 1.64. The maximum atomic E-state index is 12.1. The van der Waals surface area contributed by atoms with Gasteiger partial charge in [0.05, 0.1) is 22.7 Å². The molecule has 0 amide bonds. The highest BCUT2D eigenvalue weighted by Crippen LogP contribution is 2.14. The van der Waals surface area contributed by atoms with Gasteiger partial charge in [0.25, 0.3) is 0 Å². The van der Waals surface area contributed by atoms with Crippen LogP contribution in [-0.4, -0.2) is 26.3 Å². The van der Waals surface area contributed by atoms with Crippen molar-refractivity contribution in [3.05, 3.63) is 33.5 Å². The number of ketones is 2. The molecule has 100 valence electrons. The van der Waals surface area contributed by atoms with Gasteiger partial charge in [-0.25, -0.2) is 4.98 Å². The van der Waals surface area contributed by atoms with Crippen LogP contribution in [0.1, 0.15) is 44.9 Å². The highest BCUT2D eigenvalue weighted by molar-refractivity contribution is 7.09. The molecular weight excluding hydrogens is 262 g/mol. The van der Waals surface area contributed by atoms with Gasteiger partial charge in [0.15, 0.2) is 11.6 Å². The van der Waals surface area contributed by atoms with Gasteiger partial charge >= 0.3 is 0 Å². The van der Waals surface area contributed by atoms with Crippen molar-refractivity contribution in [1.82, 2.24) is 14.8 Å². The quantitative estimate of drug-likeness (QED) is 0.621. The van der Waals surface area contributed by atoms with Crippen molar-refractivity contribution in [2.24, 2.45) is 7.05 Å². The van der Waals surface area contributed by atoms with Crippen molar-refractivity contribution < 1.29 is 9.59 Å². The van der Waals surface area contributed by atoms with Gasteiger partial charge < -0.3 is 0 Å². The van der Waals surface area contributed by atoms with E-state index >= 15 is 0 Å². The topological polar surface area (TPSA) is 64.8 Å². The summed E-state index contributed by atoms with van der Waals surface area (Å²) >= 11 is 1.41. The van der Waals surface area contributed by atoms with Crippen molar-refractivity contribution in [3.63, 3.8) is 0 Å². The molecule has 0 unspecified atom stereocenters. The lowest BCUT2D eigenvalue weighted by molar-refractivity contribution is 0.0891. The number of nitrogens with zero attached hydrogens (tertiary/aromatic N) is 3. The highest BCUT2D eigenvalue weighted by atomic mass is 32.1. The van der Waals surface area contributed by atoms with Crippen molar-refractivity contribution in [1.29, 1.82) is 0 Å². The normalized spacial score (nSPS) is 10.7. The van der Waals surface area contributed by atoms with Crippen LogP contribution in [0.3, 0.4) is 0 Å². The van der Waals surface area contributed by atoms with Crippen LogP contribution < -0.4 is 0 Å². The van der Waals surface area contributed by atoms with Gasteiger partial charge in [0.1, 0.15) is 5.69 Å². The fraction of sp³-hybridized carbons (Fsp3) is 0.385. The van der Waals surface area contributed by atoms with Gasteiger partial charge in [-0.3, -0.25) is 14.3 Å². The number of aryl methyl sites for hydroxylation is 3. The molecule has 0 aliphatic carbocycles. The monoisotopic (exact) mass is 277 g/mol. The van der Waals surface area contributed by atoms with Gasteiger partial charge in [0.2, 0.25) is 0 Å². The second-order valence-electron chi connectivity index (χ2n) is 4.29. The Morgan fingerprint density at radius 3 is 2.68 bits per heavy atom. The van der Waals surface area contributed by atoms with Gasteiger partial charge in [-0.2, -0.15) is 5.10 Å². The SMILES string of the molecule is CCc1nn(C)cc1C(=O)CC(=O)c1csc(C)n1. The van der Waals surface area contributed by atoms with Crippen LogP contribution in [-0.2, 0) is 13.5 Å². The molecule has 0 spiro atoms. The molecule has 2 aromatic heterocycles. The Kier molecular flexibility index (Phi) is 3.90. The van der Waals surface area contributed by atoms with E-state index < -0.39 is 0 Å². The first-order chi connectivity index (χ1) is 9.01. The van der Waals surface area contributed by atoms with Gasteiger partial charge in [0, 0.05) is 18.6 Å². The number of hydrogen-bond donors (Lipinski definition) is 0. The first kappa shape index (κ1) is 13.6. The van der Waals surface area contributed by atoms with E-state index in [0.29, 0.717) is 17.7 Å².